The van der Waals surface area contributed by atoms with Gasteiger partial charge in [0.1, 0.15) is 0 Å². The predicted molar refractivity (Wildman–Crippen MR) is 98.0 cm³/mol. The van der Waals surface area contributed by atoms with E-state index in [4.69, 9.17) is 0 Å². The van der Waals surface area contributed by atoms with Gasteiger partial charge in [0.15, 0.2) is 5.78 Å². The number of hydrogen-bond acceptors (Lipinski definition) is 2. The second kappa shape index (κ2) is 6.67. The number of hydrogen-bond donors (Lipinski definition) is 1. The highest BCUT2D eigenvalue weighted by atomic mass is 16.1. The number of aromatic nitrogens is 2. The SMILES string of the molecule is Cc1ccc(-c2cc(/C=C/C(=O)c3ccc(C)c(C)c3)[nH]n2)cc1. The van der Waals surface area contributed by atoms with E-state index >= 15 is 0 Å². The van der Waals surface area contributed by atoms with Crippen molar-refractivity contribution in [3.63, 3.8) is 0 Å². The van der Waals surface area contributed by atoms with Crippen LogP contribution >= 0.6 is 0 Å². The van der Waals surface area contributed by atoms with Crippen LogP contribution in [-0.2, 0) is 0 Å². The van der Waals surface area contributed by atoms with Gasteiger partial charge in [-0.15, -0.1) is 0 Å². The molecule has 0 aliphatic rings. The van der Waals surface area contributed by atoms with Gasteiger partial charge >= 0.3 is 0 Å². The third-order valence-corrected chi connectivity index (χ3v) is 4.15. The lowest BCUT2D eigenvalue weighted by Gasteiger charge is -2.01. The summed E-state index contributed by atoms with van der Waals surface area (Å²) < 4.78 is 0. The second-order valence-corrected chi connectivity index (χ2v) is 6.07. The third kappa shape index (κ3) is 3.51. The summed E-state index contributed by atoms with van der Waals surface area (Å²) in [5.74, 6) is -0.00964. The molecular formula is C21H20N2O. The summed E-state index contributed by atoms with van der Waals surface area (Å²) in [5.41, 5.74) is 6.96. The topological polar surface area (TPSA) is 45.8 Å². The van der Waals surface area contributed by atoms with E-state index in [0.29, 0.717) is 5.56 Å². The Morgan fingerprint density at radius 1 is 0.958 bits per heavy atom. The zero-order valence-electron chi connectivity index (χ0n) is 14.1. The van der Waals surface area contributed by atoms with E-state index in [1.165, 1.54) is 11.1 Å². The molecular weight excluding hydrogens is 296 g/mol. The van der Waals surface area contributed by atoms with Crippen LogP contribution in [0.15, 0.2) is 54.6 Å². The zero-order chi connectivity index (χ0) is 17.1. The molecule has 0 saturated heterocycles. The van der Waals surface area contributed by atoms with Gasteiger partial charge in [-0.3, -0.25) is 9.89 Å². The number of carbonyl (C=O) groups is 1. The first-order valence-electron chi connectivity index (χ1n) is 7.95. The summed E-state index contributed by atoms with van der Waals surface area (Å²) in [7, 11) is 0. The van der Waals surface area contributed by atoms with Crippen LogP contribution in [0.2, 0.25) is 0 Å². The van der Waals surface area contributed by atoms with E-state index in [9.17, 15) is 4.79 Å². The van der Waals surface area contributed by atoms with Crippen molar-refractivity contribution >= 4 is 11.9 Å². The normalized spacial score (nSPS) is 11.1. The number of rotatable bonds is 4. The standard InChI is InChI=1S/C21H20N2O/c1-14-4-7-17(8-5-14)20-13-19(22-23-20)10-11-21(24)18-9-6-15(2)16(3)12-18/h4-13H,1-3H3,(H,22,23)/b11-10+. The molecule has 0 fully saturated rings. The van der Waals surface area contributed by atoms with E-state index in [2.05, 4.69) is 29.3 Å². The molecule has 2 aromatic carbocycles. The van der Waals surface area contributed by atoms with Gasteiger partial charge in [0.2, 0.25) is 0 Å². The van der Waals surface area contributed by atoms with Crippen LogP contribution in [0.3, 0.4) is 0 Å². The van der Waals surface area contributed by atoms with E-state index in [-0.39, 0.29) is 5.78 Å². The fourth-order valence-electron chi connectivity index (χ4n) is 2.45. The number of ketones is 1. The summed E-state index contributed by atoms with van der Waals surface area (Å²) >= 11 is 0. The summed E-state index contributed by atoms with van der Waals surface area (Å²) in [5, 5.41) is 7.26. The average Bonchev–Trinajstić information content (AvgIpc) is 3.05. The average molecular weight is 316 g/mol. The van der Waals surface area contributed by atoms with Crippen molar-refractivity contribution < 1.29 is 4.79 Å². The fraction of sp³-hybridized carbons (Fsp3) is 0.143. The molecule has 0 spiro atoms. The van der Waals surface area contributed by atoms with Gasteiger partial charge in [-0.05, 0) is 56.2 Å². The van der Waals surface area contributed by atoms with Crippen molar-refractivity contribution in [3.8, 4) is 11.3 Å². The fourth-order valence-corrected chi connectivity index (χ4v) is 2.45. The molecule has 3 nitrogen and oxygen atoms in total. The molecule has 3 aromatic rings. The minimum absolute atomic E-state index is 0.00964. The van der Waals surface area contributed by atoms with Gasteiger partial charge < -0.3 is 0 Å². The number of nitrogens with zero attached hydrogens (tertiary/aromatic N) is 1. The van der Waals surface area contributed by atoms with Crippen molar-refractivity contribution in [3.05, 3.63) is 82.6 Å². The molecule has 1 aromatic heterocycles. The number of nitrogens with one attached hydrogen (secondary N) is 1. The summed E-state index contributed by atoms with van der Waals surface area (Å²) in [6, 6.07) is 15.9. The Morgan fingerprint density at radius 2 is 1.71 bits per heavy atom. The maximum Gasteiger partial charge on any atom is 0.185 e. The molecule has 120 valence electrons. The number of H-pyrrole nitrogens is 1. The Kier molecular flexibility index (Phi) is 4.43. The van der Waals surface area contributed by atoms with Gasteiger partial charge in [-0.1, -0.05) is 42.0 Å². The molecule has 0 aliphatic heterocycles. The third-order valence-electron chi connectivity index (χ3n) is 4.15. The first-order chi connectivity index (χ1) is 11.5. The monoisotopic (exact) mass is 316 g/mol. The van der Waals surface area contributed by atoms with Crippen LogP contribution in [0.5, 0.6) is 0 Å². The Labute approximate surface area is 142 Å². The molecule has 1 heterocycles. The molecule has 1 N–H and O–H groups in total. The van der Waals surface area contributed by atoms with E-state index in [0.717, 1.165) is 22.5 Å². The smallest absolute Gasteiger partial charge is 0.185 e. The van der Waals surface area contributed by atoms with Crippen LogP contribution in [0, 0.1) is 20.8 Å². The molecule has 3 rings (SSSR count). The van der Waals surface area contributed by atoms with Crippen LogP contribution in [-0.4, -0.2) is 16.0 Å². The van der Waals surface area contributed by atoms with Crippen molar-refractivity contribution in [2.75, 3.05) is 0 Å². The number of allylic oxidation sites excluding steroid dienone is 1. The van der Waals surface area contributed by atoms with Crippen molar-refractivity contribution in [1.82, 2.24) is 10.2 Å². The molecule has 24 heavy (non-hydrogen) atoms. The Morgan fingerprint density at radius 3 is 2.42 bits per heavy atom. The lowest BCUT2D eigenvalue weighted by molar-refractivity contribution is 0.104. The Hall–Kier alpha value is -2.94. The molecule has 3 heteroatoms. The van der Waals surface area contributed by atoms with Gasteiger partial charge in [0.05, 0.1) is 11.4 Å². The van der Waals surface area contributed by atoms with E-state index in [1.807, 2.05) is 50.2 Å². The maximum absolute atomic E-state index is 12.3. The molecule has 0 bridgehead atoms. The van der Waals surface area contributed by atoms with Crippen LogP contribution in [0.1, 0.15) is 32.7 Å². The second-order valence-electron chi connectivity index (χ2n) is 6.07. The first-order valence-corrected chi connectivity index (χ1v) is 7.95. The molecule has 0 atom stereocenters. The maximum atomic E-state index is 12.3. The van der Waals surface area contributed by atoms with Crippen molar-refractivity contribution in [2.24, 2.45) is 0 Å². The van der Waals surface area contributed by atoms with Crippen LogP contribution < -0.4 is 0 Å². The van der Waals surface area contributed by atoms with Gasteiger partial charge in [0.25, 0.3) is 0 Å². The number of aromatic amines is 1. The van der Waals surface area contributed by atoms with Crippen LogP contribution in [0.4, 0.5) is 0 Å². The Balaban J connectivity index is 1.76. The molecule has 0 aliphatic carbocycles. The summed E-state index contributed by atoms with van der Waals surface area (Å²) in [6.45, 7) is 6.11. The number of carbonyl (C=O) groups excluding carboxylic acids is 1. The van der Waals surface area contributed by atoms with Crippen molar-refractivity contribution in [2.45, 2.75) is 20.8 Å². The predicted octanol–water partition coefficient (Wildman–Crippen LogP) is 4.90. The van der Waals surface area contributed by atoms with Crippen LogP contribution in [0.25, 0.3) is 17.3 Å². The van der Waals surface area contributed by atoms with Gasteiger partial charge in [-0.2, -0.15) is 5.10 Å². The molecule has 0 amide bonds. The lowest BCUT2D eigenvalue weighted by Crippen LogP contribution is -1.95. The van der Waals surface area contributed by atoms with E-state index in [1.54, 1.807) is 12.2 Å². The molecule has 0 radical (unpaired) electrons. The molecule has 0 unspecified atom stereocenters. The minimum atomic E-state index is -0.00964. The number of aryl methyl sites for hydroxylation is 3. The minimum Gasteiger partial charge on any atom is -0.289 e. The van der Waals surface area contributed by atoms with Gasteiger partial charge in [-0.25, -0.2) is 0 Å². The largest absolute Gasteiger partial charge is 0.289 e. The quantitative estimate of drug-likeness (QED) is 0.550. The first kappa shape index (κ1) is 15.9. The van der Waals surface area contributed by atoms with Crippen molar-refractivity contribution in [1.29, 1.82) is 0 Å². The zero-order valence-corrected chi connectivity index (χ0v) is 14.1. The highest BCUT2D eigenvalue weighted by molar-refractivity contribution is 6.06. The van der Waals surface area contributed by atoms with Gasteiger partial charge in [0, 0.05) is 11.1 Å². The highest BCUT2D eigenvalue weighted by Gasteiger charge is 2.05. The highest BCUT2D eigenvalue weighted by Crippen LogP contribution is 2.19. The summed E-state index contributed by atoms with van der Waals surface area (Å²) in [6.07, 6.45) is 3.35. The van der Waals surface area contributed by atoms with E-state index < -0.39 is 0 Å². The Bertz CT molecular complexity index is 902. The number of benzene rings is 2. The molecule has 0 saturated carbocycles. The summed E-state index contributed by atoms with van der Waals surface area (Å²) in [4.78, 5) is 12.3. The lowest BCUT2D eigenvalue weighted by atomic mass is 10.0.